The van der Waals surface area contributed by atoms with E-state index in [1.807, 2.05) is 56.3 Å². The molecule has 0 aliphatic carbocycles. The fraction of sp³-hybridized carbons (Fsp3) is 0.409. The molecule has 1 aliphatic rings. The molecular formula is C22H27NO4S. The van der Waals surface area contributed by atoms with E-state index in [2.05, 4.69) is 0 Å². The summed E-state index contributed by atoms with van der Waals surface area (Å²) in [6.45, 7) is 4.72. The molecule has 1 saturated heterocycles. The Hall–Kier alpha value is -2.34. The molecule has 0 radical (unpaired) electrons. The average Bonchev–Trinajstić information content (AvgIpc) is 2.68. The van der Waals surface area contributed by atoms with Gasteiger partial charge in [-0.1, -0.05) is 44.2 Å². The Balaban J connectivity index is 1.69. The summed E-state index contributed by atoms with van der Waals surface area (Å²) in [5.41, 5.74) is 0.495. The third-order valence-electron chi connectivity index (χ3n) is 4.89. The van der Waals surface area contributed by atoms with Crippen LogP contribution < -0.4 is 4.74 Å². The summed E-state index contributed by atoms with van der Waals surface area (Å²) in [6, 6.07) is 16.5. The summed E-state index contributed by atoms with van der Waals surface area (Å²) in [4.78, 5) is 14.8. The summed E-state index contributed by atoms with van der Waals surface area (Å²) in [7, 11) is -3.11. The molecule has 1 amide bonds. The monoisotopic (exact) mass is 401 g/mol. The SMILES string of the molecule is CC(C)CS(=O)(=O)C1CCN(C(=O)c2ccccc2Oc2ccccc2)CC1. The lowest BCUT2D eigenvalue weighted by Crippen LogP contribution is -2.43. The molecule has 0 bridgehead atoms. The normalized spacial score (nSPS) is 15.6. The summed E-state index contributed by atoms with van der Waals surface area (Å²) in [5.74, 6) is 1.38. The maximum absolute atomic E-state index is 13.0. The molecule has 2 aromatic rings. The van der Waals surface area contributed by atoms with Gasteiger partial charge >= 0.3 is 0 Å². The predicted octanol–water partition coefficient (Wildman–Crippen LogP) is 4.15. The van der Waals surface area contributed by atoms with Crippen LogP contribution in [0.2, 0.25) is 0 Å². The van der Waals surface area contributed by atoms with Crippen molar-refractivity contribution in [1.29, 1.82) is 0 Å². The van der Waals surface area contributed by atoms with E-state index in [-0.39, 0.29) is 22.8 Å². The number of carbonyl (C=O) groups excluding carboxylic acids is 1. The number of rotatable bonds is 6. The molecule has 0 spiro atoms. The highest BCUT2D eigenvalue weighted by Gasteiger charge is 2.32. The van der Waals surface area contributed by atoms with Crippen LogP contribution in [0.1, 0.15) is 37.0 Å². The van der Waals surface area contributed by atoms with Crippen molar-refractivity contribution in [3.63, 3.8) is 0 Å². The third kappa shape index (κ3) is 4.93. The van der Waals surface area contributed by atoms with E-state index < -0.39 is 9.84 Å². The van der Waals surface area contributed by atoms with Gasteiger partial charge in [0.1, 0.15) is 11.5 Å². The number of sulfone groups is 1. The van der Waals surface area contributed by atoms with Gasteiger partial charge in [0.25, 0.3) is 5.91 Å². The van der Waals surface area contributed by atoms with E-state index in [9.17, 15) is 13.2 Å². The number of carbonyl (C=O) groups is 1. The van der Waals surface area contributed by atoms with E-state index in [0.717, 1.165) is 0 Å². The molecule has 0 saturated carbocycles. The van der Waals surface area contributed by atoms with Crippen LogP contribution in [0.4, 0.5) is 0 Å². The zero-order valence-electron chi connectivity index (χ0n) is 16.4. The van der Waals surface area contributed by atoms with Gasteiger partial charge in [-0.05, 0) is 43.0 Å². The molecular weight excluding hydrogens is 374 g/mol. The molecule has 2 aromatic carbocycles. The summed E-state index contributed by atoms with van der Waals surface area (Å²) in [5, 5.41) is -0.352. The fourth-order valence-electron chi connectivity index (χ4n) is 3.54. The smallest absolute Gasteiger partial charge is 0.257 e. The van der Waals surface area contributed by atoms with Crippen LogP contribution in [-0.4, -0.2) is 43.3 Å². The Labute approximate surface area is 167 Å². The van der Waals surface area contributed by atoms with Gasteiger partial charge in [0.15, 0.2) is 9.84 Å². The Bertz CT molecular complexity index is 901. The van der Waals surface area contributed by atoms with Gasteiger partial charge < -0.3 is 9.64 Å². The van der Waals surface area contributed by atoms with Gasteiger partial charge in [-0.2, -0.15) is 0 Å². The number of nitrogens with zero attached hydrogens (tertiary/aromatic N) is 1. The highest BCUT2D eigenvalue weighted by atomic mass is 32.2. The van der Waals surface area contributed by atoms with Gasteiger partial charge in [-0.3, -0.25) is 4.79 Å². The van der Waals surface area contributed by atoms with Crippen molar-refractivity contribution in [3.05, 3.63) is 60.2 Å². The first-order valence-corrected chi connectivity index (χ1v) is 11.4. The summed E-state index contributed by atoms with van der Waals surface area (Å²) < 4.78 is 30.8. The van der Waals surface area contributed by atoms with Gasteiger partial charge in [0.05, 0.1) is 16.6 Å². The largest absolute Gasteiger partial charge is 0.457 e. The minimum Gasteiger partial charge on any atom is -0.457 e. The van der Waals surface area contributed by atoms with Crippen LogP contribution in [0.5, 0.6) is 11.5 Å². The Morgan fingerprint density at radius 2 is 1.64 bits per heavy atom. The number of amides is 1. The van der Waals surface area contributed by atoms with Crippen molar-refractivity contribution < 1.29 is 17.9 Å². The molecule has 1 aliphatic heterocycles. The van der Waals surface area contributed by atoms with Gasteiger partial charge in [-0.25, -0.2) is 8.42 Å². The Kier molecular flexibility index (Phi) is 6.39. The summed E-state index contributed by atoms with van der Waals surface area (Å²) >= 11 is 0. The molecule has 1 heterocycles. The minimum absolute atomic E-state index is 0.117. The van der Waals surface area contributed by atoms with Gasteiger partial charge in [-0.15, -0.1) is 0 Å². The standard InChI is InChI=1S/C22H27NO4S/c1-17(2)16-28(25,26)19-12-14-23(15-13-19)22(24)20-10-6-7-11-21(20)27-18-8-4-3-5-9-18/h3-11,17,19H,12-16H2,1-2H3. The minimum atomic E-state index is -3.11. The molecule has 1 fully saturated rings. The first kappa shape index (κ1) is 20.4. The van der Waals surface area contributed by atoms with Crippen molar-refractivity contribution in [2.45, 2.75) is 31.9 Å². The molecule has 0 N–H and O–H groups in total. The number of benzene rings is 2. The molecule has 6 heteroatoms. The van der Waals surface area contributed by atoms with E-state index in [1.54, 1.807) is 17.0 Å². The van der Waals surface area contributed by atoms with Crippen LogP contribution >= 0.6 is 0 Å². The Morgan fingerprint density at radius 3 is 2.29 bits per heavy atom. The van der Waals surface area contributed by atoms with E-state index in [1.165, 1.54) is 0 Å². The van der Waals surface area contributed by atoms with Crippen LogP contribution in [0.3, 0.4) is 0 Å². The molecule has 0 atom stereocenters. The van der Waals surface area contributed by atoms with Crippen LogP contribution in [-0.2, 0) is 9.84 Å². The maximum atomic E-state index is 13.0. The number of ether oxygens (including phenoxy) is 1. The van der Waals surface area contributed by atoms with Crippen molar-refractivity contribution in [2.24, 2.45) is 5.92 Å². The summed E-state index contributed by atoms with van der Waals surface area (Å²) in [6.07, 6.45) is 0.977. The molecule has 28 heavy (non-hydrogen) atoms. The lowest BCUT2D eigenvalue weighted by molar-refractivity contribution is 0.0723. The molecule has 3 rings (SSSR count). The maximum Gasteiger partial charge on any atom is 0.257 e. The first-order valence-electron chi connectivity index (χ1n) is 9.69. The quantitative estimate of drug-likeness (QED) is 0.729. The predicted molar refractivity (Wildman–Crippen MR) is 111 cm³/mol. The number of likely N-dealkylation sites (tertiary alicyclic amines) is 1. The van der Waals surface area contributed by atoms with Crippen LogP contribution in [0, 0.1) is 5.92 Å². The molecule has 5 nitrogen and oxygen atoms in total. The third-order valence-corrected chi connectivity index (χ3v) is 7.51. The highest BCUT2D eigenvalue weighted by molar-refractivity contribution is 7.92. The molecule has 0 unspecified atom stereocenters. The van der Waals surface area contributed by atoms with E-state index >= 15 is 0 Å². The topological polar surface area (TPSA) is 63.7 Å². The molecule has 150 valence electrons. The second-order valence-corrected chi connectivity index (χ2v) is 9.95. The van der Waals surface area contributed by atoms with Gasteiger partial charge in [0.2, 0.25) is 0 Å². The van der Waals surface area contributed by atoms with Crippen LogP contribution in [0.25, 0.3) is 0 Å². The fourth-order valence-corrected chi connectivity index (χ4v) is 5.67. The highest BCUT2D eigenvalue weighted by Crippen LogP contribution is 2.28. The number of piperidine rings is 1. The van der Waals surface area contributed by atoms with Crippen molar-refractivity contribution in [3.8, 4) is 11.5 Å². The Morgan fingerprint density at radius 1 is 1.04 bits per heavy atom. The van der Waals surface area contributed by atoms with Crippen molar-refractivity contribution in [2.75, 3.05) is 18.8 Å². The first-order chi connectivity index (χ1) is 13.4. The molecule has 0 aromatic heterocycles. The zero-order valence-corrected chi connectivity index (χ0v) is 17.2. The van der Waals surface area contributed by atoms with Crippen molar-refractivity contribution in [1.82, 2.24) is 4.90 Å². The lowest BCUT2D eigenvalue weighted by atomic mass is 10.1. The number of hydrogen-bond donors (Lipinski definition) is 0. The number of para-hydroxylation sites is 2. The van der Waals surface area contributed by atoms with Crippen molar-refractivity contribution >= 4 is 15.7 Å². The second-order valence-electron chi connectivity index (χ2n) is 7.63. The zero-order chi connectivity index (χ0) is 20.1. The average molecular weight is 402 g/mol. The second kappa shape index (κ2) is 8.78. The number of hydrogen-bond acceptors (Lipinski definition) is 4. The van der Waals surface area contributed by atoms with E-state index in [4.69, 9.17) is 4.74 Å². The van der Waals surface area contributed by atoms with E-state index in [0.29, 0.717) is 43.0 Å². The lowest BCUT2D eigenvalue weighted by Gasteiger charge is -2.32. The van der Waals surface area contributed by atoms with Gasteiger partial charge in [0, 0.05) is 13.1 Å². The van der Waals surface area contributed by atoms with Crippen LogP contribution in [0.15, 0.2) is 54.6 Å².